The third-order valence-corrected chi connectivity index (χ3v) is 1.83. The molecule has 1 aromatic heterocycles. The Hall–Kier alpha value is -1.97. The van der Waals surface area contributed by atoms with Crippen molar-refractivity contribution in [1.29, 1.82) is 0 Å². The predicted molar refractivity (Wildman–Crippen MR) is 64.1 cm³/mol. The summed E-state index contributed by atoms with van der Waals surface area (Å²) in [5.41, 5.74) is 0.818. The maximum Gasteiger partial charge on any atom is 0.313 e. The summed E-state index contributed by atoms with van der Waals surface area (Å²) in [6, 6.07) is 3.60. The molecule has 1 heterocycles. The summed E-state index contributed by atoms with van der Waals surface area (Å²) in [7, 11) is 0. The van der Waals surface area contributed by atoms with Crippen LogP contribution in [0, 0.1) is 0 Å². The number of carbonyl (C=O) groups is 2. The summed E-state index contributed by atoms with van der Waals surface area (Å²) >= 11 is 0. The lowest BCUT2D eigenvalue weighted by molar-refractivity contribution is -0.148. The second-order valence-electron chi connectivity index (χ2n) is 3.80. The Labute approximate surface area is 100 Å². The number of hydrogen-bond donors (Lipinski definition) is 0. The molecule has 0 radical (unpaired) electrons. The van der Waals surface area contributed by atoms with Gasteiger partial charge in [-0.2, -0.15) is 0 Å². The van der Waals surface area contributed by atoms with E-state index in [1.54, 1.807) is 38.4 Å². The van der Waals surface area contributed by atoms with Gasteiger partial charge in [0.2, 0.25) is 0 Å². The van der Waals surface area contributed by atoms with E-state index in [2.05, 4.69) is 4.98 Å². The van der Waals surface area contributed by atoms with Gasteiger partial charge in [-0.3, -0.25) is 14.6 Å². The molecule has 0 saturated carbocycles. The lowest BCUT2D eigenvalue weighted by atomic mass is 10.2. The molecule has 0 aliphatic heterocycles. The van der Waals surface area contributed by atoms with Gasteiger partial charge in [0.05, 0.1) is 6.10 Å². The first-order valence-electron chi connectivity index (χ1n) is 5.38. The molecule has 0 bridgehead atoms. The Bertz CT molecular complexity index is 410. The van der Waals surface area contributed by atoms with E-state index in [4.69, 9.17) is 4.74 Å². The summed E-state index contributed by atoms with van der Waals surface area (Å²) in [5, 5.41) is 0. The molecule has 0 aromatic carbocycles. The van der Waals surface area contributed by atoms with Crippen LogP contribution in [0.5, 0.6) is 0 Å². The zero-order valence-corrected chi connectivity index (χ0v) is 9.92. The molecule has 4 nitrogen and oxygen atoms in total. The van der Waals surface area contributed by atoms with Gasteiger partial charge in [-0.15, -0.1) is 0 Å². The van der Waals surface area contributed by atoms with Crippen molar-refractivity contribution in [2.75, 3.05) is 0 Å². The van der Waals surface area contributed by atoms with Crippen LogP contribution in [0.15, 0.2) is 30.6 Å². The molecule has 0 spiro atoms. The number of ketones is 1. The van der Waals surface area contributed by atoms with Crippen LogP contribution in [0.1, 0.15) is 25.8 Å². The van der Waals surface area contributed by atoms with Gasteiger partial charge >= 0.3 is 5.97 Å². The molecule has 1 aromatic rings. The molecular weight excluding hydrogens is 218 g/mol. The van der Waals surface area contributed by atoms with Crippen LogP contribution in [0.2, 0.25) is 0 Å². The van der Waals surface area contributed by atoms with E-state index in [9.17, 15) is 9.59 Å². The van der Waals surface area contributed by atoms with Gasteiger partial charge in [0, 0.05) is 12.4 Å². The molecule has 17 heavy (non-hydrogen) atoms. The summed E-state index contributed by atoms with van der Waals surface area (Å²) in [5.74, 6) is -0.777. The molecule has 0 amide bonds. The van der Waals surface area contributed by atoms with Crippen molar-refractivity contribution in [3.05, 3.63) is 36.2 Å². The van der Waals surface area contributed by atoms with E-state index < -0.39 is 5.97 Å². The Balaban J connectivity index is 2.45. The highest BCUT2D eigenvalue weighted by atomic mass is 16.5. The average Bonchev–Trinajstić information content (AvgIpc) is 2.26. The number of pyridine rings is 1. The number of allylic oxidation sites excluding steroid dienone is 1. The van der Waals surface area contributed by atoms with Crippen LogP contribution in [0.3, 0.4) is 0 Å². The second kappa shape index (κ2) is 6.58. The molecule has 4 heteroatoms. The van der Waals surface area contributed by atoms with Crippen LogP contribution in [0.25, 0.3) is 6.08 Å². The minimum atomic E-state index is -0.499. The first kappa shape index (κ1) is 13.1. The first-order valence-corrected chi connectivity index (χ1v) is 5.38. The maximum absolute atomic E-state index is 11.4. The van der Waals surface area contributed by atoms with Crippen LogP contribution >= 0.6 is 0 Å². The fourth-order valence-corrected chi connectivity index (χ4v) is 1.17. The van der Waals surface area contributed by atoms with Gasteiger partial charge in [0.25, 0.3) is 0 Å². The summed E-state index contributed by atoms with van der Waals surface area (Å²) in [4.78, 5) is 26.5. The van der Waals surface area contributed by atoms with Crippen molar-refractivity contribution in [3.8, 4) is 0 Å². The highest BCUT2D eigenvalue weighted by Gasteiger charge is 2.09. The maximum atomic E-state index is 11.4. The zero-order chi connectivity index (χ0) is 12.7. The van der Waals surface area contributed by atoms with Gasteiger partial charge in [0.15, 0.2) is 5.78 Å². The minimum absolute atomic E-state index is 0.197. The van der Waals surface area contributed by atoms with Gasteiger partial charge in [-0.05, 0) is 37.6 Å². The van der Waals surface area contributed by atoms with Crippen molar-refractivity contribution in [3.63, 3.8) is 0 Å². The number of esters is 1. The van der Waals surface area contributed by atoms with E-state index in [1.807, 2.05) is 6.07 Å². The smallest absolute Gasteiger partial charge is 0.313 e. The molecule has 0 unspecified atom stereocenters. The Morgan fingerprint density at radius 3 is 2.82 bits per heavy atom. The van der Waals surface area contributed by atoms with Crippen molar-refractivity contribution < 1.29 is 14.3 Å². The van der Waals surface area contributed by atoms with E-state index >= 15 is 0 Å². The normalized spacial score (nSPS) is 10.8. The molecular formula is C13H15NO3. The Kier molecular flexibility index (Phi) is 5.07. The minimum Gasteiger partial charge on any atom is -0.463 e. The first-order chi connectivity index (χ1) is 8.08. The summed E-state index contributed by atoms with van der Waals surface area (Å²) in [6.07, 6.45) is 5.85. The van der Waals surface area contributed by atoms with Gasteiger partial charge in [0.1, 0.15) is 6.42 Å². The van der Waals surface area contributed by atoms with E-state index in [0.29, 0.717) is 0 Å². The van der Waals surface area contributed by atoms with Gasteiger partial charge in [-0.25, -0.2) is 0 Å². The lowest BCUT2D eigenvalue weighted by Gasteiger charge is -2.05. The van der Waals surface area contributed by atoms with Crippen molar-refractivity contribution >= 4 is 17.8 Å². The number of nitrogens with zero attached hydrogens (tertiary/aromatic N) is 1. The second-order valence-corrected chi connectivity index (χ2v) is 3.80. The third-order valence-electron chi connectivity index (χ3n) is 1.83. The van der Waals surface area contributed by atoms with Crippen molar-refractivity contribution in [1.82, 2.24) is 4.98 Å². The molecule has 0 aliphatic carbocycles. The van der Waals surface area contributed by atoms with E-state index in [1.165, 1.54) is 6.08 Å². The highest BCUT2D eigenvalue weighted by molar-refractivity contribution is 6.03. The third kappa shape index (κ3) is 5.61. The molecule has 90 valence electrons. The van der Waals surface area contributed by atoms with Gasteiger partial charge in [-0.1, -0.05) is 6.07 Å². The predicted octanol–water partition coefficient (Wildman–Crippen LogP) is 2.01. The Morgan fingerprint density at radius 2 is 2.24 bits per heavy atom. The van der Waals surface area contributed by atoms with Crippen LogP contribution in [-0.4, -0.2) is 22.8 Å². The Morgan fingerprint density at radius 1 is 1.47 bits per heavy atom. The van der Waals surface area contributed by atoms with Crippen LogP contribution in [0.4, 0.5) is 0 Å². The average molecular weight is 233 g/mol. The number of hydrogen-bond acceptors (Lipinski definition) is 4. The molecule has 0 atom stereocenters. The van der Waals surface area contributed by atoms with Gasteiger partial charge < -0.3 is 4.74 Å². The van der Waals surface area contributed by atoms with E-state index in [-0.39, 0.29) is 18.3 Å². The summed E-state index contributed by atoms with van der Waals surface area (Å²) < 4.78 is 4.87. The molecule has 0 fully saturated rings. The van der Waals surface area contributed by atoms with Crippen LogP contribution < -0.4 is 0 Å². The molecule has 0 aliphatic rings. The van der Waals surface area contributed by atoms with Crippen molar-refractivity contribution in [2.24, 2.45) is 0 Å². The number of ether oxygens (including phenoxy) is 1. The fourth-order valence-electron chi connectivity index (χ4n) is 1.17. The zero-order valence-electron chi connectivity index (χ0n) is 9.92. The topological polar surface area (TPSA) is 56.3 Å². The van der Waals surface area contributed by atoms with Crippen molar-refractivity contribution in [2.45, 2.75) is 26.4 Å². The lowest BCUT2D eigenvalue weighted by Crippen LogP contribution is -2.14. The fraction of sp³-hybridized carbons (Fsp3) is 0.308. The summed E-state index contributed by atoms with van der Waals surface area (Å²) in [6.45, 7) is 3.49. The monoisotopic (exact) mass is 233 g/mol. The van der Waals surface area contributed by atoms with E-state index in [0.717, 1.165) is 5.56 Å². The quantitative estimate of drug-likeness (QED) is 0.443. The largest absolute Gasteiger partial charge is 0.463 e. The molecule has 0 saturated heterocycles. The number of rotatable bonds is 5. The molecule has 1 rings (SSSR count). The standard InChI is InChI=1S/C13H15NO3/c1-10(2)17-13(16)8-12(15)6-5-11-4-3-7-14-9-11/h3-7,9-10H,8H2,1-2H3. The SMILES string of the molecule is CC(C)OC(=O)CC(=O)C=Cc1cccnc1. The number of aromatic nitrogens is 1. The van der Waals surface area contributed by atoms with Crippen LogP contribution in [-0.2, 0) is 14.3 Å². The highest BCUT2D eigenvalue weighted by Crippen LogP contribution is 2.01. The number of carbonyl (C=O) groups excluding carboxylic acids is 2. The molecule has 0 N–H and O–H groups in total.